The Morgan fingerprint density at radius 1 is 0.968 bits per heavy atom. The lowest BCUT2D eigenvalue weighted by molar-refractivity contribution is 0.0939. The number of rotatable bonds is 5. The molecule has 6 heteroatoms. The fraction of sp³-hybridized carbons (Fsp3) is 0.120. The first-order valence-corrected chi connectivity index (χ1v) is 9.98. The van der Waals surface area contributed by atoms with Crippen LogP contribution in [0.3, 0.4) is 0 Å². The number of hydrogen-bond acceptors (Lipinski definition) is 4. The summed E-state index contributed by atoms with van der Waals surface area (Å²) in [7, 11) is 0. The number of hydrazone groups is 1. The Hall–Kier alpha value is -4.06. The van der Waals surface area contributed by atoms with Crippen molar-refractivity contribution < 1.29 is 4.79 Å². The van der Waals surface area contributed by atoms with E-state index in [1.807, 2.05) is 68.4 Å². The molecule has 0 saturated heterocycles. The summed E-state index contributed by atoms with van der Waals surface area (Å²) in [6.07, 6.45) is 0. The quantitative estimate of drug-likeness (QED) is 0.400. The lowest BCUT2D eigenvalue weighted by Crippen LogP contribution is -2.32. The number of para-hydroxylation sites is 1. The molecule has 0 spiro atoms. The summed E-state index contributed by atoms with van der Waals surface area (Å²) in [6, 6.07) is 24.4. The number of nitrogens with one attached hydrogen (secondary N) is 1. The van der Waals surface area contributed by atoms with Crippen LogP contribution in [0.15, 0.2) is 88.8 Å². The van der Waals surface area contributed by atoms with Crippen molar-refractivity contribution in [2.24, 2.45) is 5.10 Å². The number of nitrogens with zero attached hydrogens (tertiary/aromatic N) is 3. The van der Waals surface area contributed by atoms with Gasteiger partial charge in [0.25, 0.3) is 5.56 Å². The molecular weight excluding hydrogens is 388 g/mol. The van der Waals surface area contributed by atoms with Crippen LogP contribution in [-0.4, -0.2) is 21.2 Å². The van der Waals surface area contributed by atoms with Gasteiger partial charge in [0.1, 0.15) is 0 Å². The summed E-state index contributed by atoms with van der Waals surface area (Å²) >= 11 is 0. The van der Waals surface area contributed by atoms with E-state index in [9.17, 15) is 9.59 Å². The van der Waals surface area contributed by atoms with Crippen LogP contribution < -0.4 is 11.0 Å². The van der Waals surface area contributed by atoms with Crippen LogP contribution in [0.1, 0.15) is 34.2 Å². The second-order valence-electron chi connectivity index (χ2n) is 7.33. The van der Waals surface area contributed by atoms with Gasteiger partial charge in [-0.1, -0.05) is 72.3 Å². The summed E-state index contributed by atoms with van der Waals surface area (Å²) in [5.74, 6) is -0.516. The smallest absolute Gasteiger partial charge is 0.283 e. The SMILES string of the molecule is C/C(=N/NC(=O)c1nc2ccccc2c(=O)n1Cc1ccccc1)c1ccc(C)cc1. The van der Waals surface area contributed by atoms with Gasteiger partial charge in [-0.2, -0.15) is 5.10 Å². The Balaban J connectivity index is 1.72. The zero-order valence-corrected chi connectivity index (χ0v) is 17.4. The van der Waals surface area contributed by atoms with Gasteiger partial charge >= 0.3 is 5.91 Å². The van der Waals surface area contributed by atoms with Crippen LogP contribution in [0, 0.1) is 6.92 Å². The molecule has 1 amide bonds. The molecule has 4 aromatic rings. The number of hydrogen-bond donors (Lipinski definition) is 1. The van der Waals surface area contributed by atoms with Crippen LogP contribution >= 0.6 is 0 Å². The first-order chi connectivity index (χ1) is 15.0. The van der Waals surface area contributed by atoms with E-state index < -0.39 is 5.91 Å². The van der Waals surface area contributed by atoms with Crippen LogP contribution in [0.2, 0.25) is 0 Å². The number of fused-ring (bicyclic) bond motifs is 1. The number of amides is 1. The van der Waals surface area contributed by atoms with Crippen molar-refractivity contribution in [2.75, 3.05) is 0 Å². The lowest BCUT2D eigenvalue weighted by atomic mass is 10.1. The normalized spacial score (nSPS) is 11.5. The van der Waals surface area contributed by atoms with E-state index in [0.717, 1.165) is 16.7 Å². The number of benzene rings is 3. The summed E-state index contributed by atoms with van der Waals surface area (Å²) in [4.78, 5) is 30.6. The molecule has 3 aromatic carbocycles. The van der Waals surface area contributed by atoms with Crippen LogP contribution in [0.5, 0.6) is 0 Å². The predicted molar refractivity (Wildman–Crippen MR) is 122 cm³/mol. The standard InChI is InChI=1S/C25H22N4O2/c1-17-12-14-20(15-13-17)18(2)27-28-24(30)23-26-22-11-7-6-10-21(22)25(31)29(23)16-19-8-4-3-5-9-19/h3-15H,16H2,1-2H3,(H,28,30)/b27-18-. The van der Waals surface area contributed by atoms with E-state index >= 15 is 0 Å². The Kier molecular flexibility index (Phi) is 5.71. The molecule has 0 fully saturated rings. The molecule has 0 aliphatic rings. The molecule has 0 saturated carbocycles. The highest BCUT2D eigenvalue weighted by Crippen LogP contribution is 2.11. The van der Waals surface area contributed by atoms with Gasteiger partial charge in [0.2, 0.25) is 5.82 Å². The first kappa shape index (κ1) is 20.2. The molecule has 0 atom stereocenters. The highest BCUT2D eigenvalue weighted by molar-refractivity contribution is 6.00. The fourth-order valence-corrected chi connectivity index (χ4v) is 3.30. The average Bonchev–Trinajstić information content (AvgIpc) is 2.80. The van der Waals surface area contributed by atoms with Crippen LogP contribution in [0.25, 0.3) is 10.9 Å². The summed E-state index contributed by atoms with van der Waals surface area (Å²) in [5, 5.41) is 4.69. The minimum atomic E-state index is -0.537. The number of carbonyl (C=O) groups excluding carboxylic acids is 1. The zero-order valence-electron chi connectivity index (χ0n) is 17.4. The third kappa shape index (κ3) is 4.43. The van der Waals surface area contributed by atoms with E-state index in [2.05, 4.69) is 15.5 Å². The van der Waals surface area contributed by atoms with Gasteiger partial charge in [0.15, 0.2) is 0 Å². The Morgan fingerprint density at radius 3 is 2.39 bits per heavy atom. The second-order valence-corrected chi connectivity index (χ2v) is 7.33. The highest BCUT2D eigenvalue weighted by atomic mass is 16.2. The van der Waals surface area contributed by atoms with Crippen molar-refractivity contribution in [3.05, 3.63) is 112 Å². The average molecular weight is 410 g/mol. The largest absolute Gasteiger partial charge is 0.307 e. The first-order valence-electron chi connectivity index (χ1n) is 9.98. The molecule has 0 bridgehead atoms. The zero-order chi connectivity index (χ0) is 21.8. The van der Waals surface area contributed by atoms with E-state index in [4.69, 9.17) is 0 Å². The van der Waals surface area contributed by atoms with Gasteiger partial charge in [-0.3, -0.25) is 14.2 Å². The molecule has 0 aliphatic carbocycles. The summed E-state index contributed by atoms with van der Waals surface area (Å²) in [6.45, 7) is 4.06. The molecule has 0 radical (unpaired) electrons. The van der Waals surface area contributed by atoms with Gasteiger partial charge in [-0.05, 0) is 37.1 Å². The van der Waals surface area contributed by atoms with Crippen molar-refractivity contribution in [1.29, 1.82) is 0 Å². The molecule has 1 heterocycles. The molecular formula is C25H22N4O2. The summed E-state index contributed by atoms with van der Waals surface area (Å²) < 4.78 is 1.39. The predicted octanol–water partition coefficient (Wildman–Crippen LogP) is 3.91. The van der Waals surface area contributed by atoms with Crippen molar-refractivity contribution in [3.8, 4) is 0 Å². The number of aryl methyl sites for hydroxylation is 1. The van der Waals surface area contributed by atoms with Crippen LogP contribution in [-0.2, 0) is 6.54 Å². The molecule has 4 rings (SSSR count). The van der Waals surface area contributed by atoms with Gasteiger partial charge < -0.3 is 0 Å². The number of aromatic nitrogens is 2. The topological polar surface area (TPSA) is 76.3 Å². The van der Waals surface area contributed by atoms with Crippen LogP contribution in [0.4, 0.5) is 0 Å². The van der Waals surface area contributed by atoms with Gasteiger partial charge in [0, 0.05) is 0 Å². The Labute approximate surface area is 179 Å². The Bertz CT molecular complexity index is 1320. The van der Waals surface area contributed by atoms with Crippen molar-refractivity contribution in [3.63, 3.8) is 0 Å². The van der Waals surface area contributed by atoms with E-state index in [-0.39, 0.29) is 17.9 Å². The molecule has 0 unspecified atom stereocenters. The molecule has 1 aromatic heterocycles. The monoisotopic (exact) mass is 410 g/mol. The van der Waals surface area contributed by atoms with Crippen molar-refractivity contribution in [1.82, 2.24) is 15.0 Å². The third-order valence-corrected chi connectivity index (χ3v) is 5.04. The van der Waals surface area contributed by atoms with Crippen molar-refractivity contribution in [2.45, 2.75) is 20.4 Å². The third-order valence-electron chi connectivity index (χ3n) is 5.04. The number of carbonyl (C=O) groups is 1. The Morgan fingerprint density at radius 2 is 1.65 bits per heavy atom. The summed E-state index contributed by atoms with van der Waals surface area (Å²) in [5.41, 5.74) is 6.37. The van der Waals surface area contributed by atoms with E-state index in [1.54, 1.807) is 24.3 Å². The maximum Gasteiger partial charge on any atom is 0.307 e. The molecule has 31 heavy (non-hydrogen) atoms. The van der Waals surface area contributed by atoms with Gasteiger partial charge in [-0.25, -0.2) is 10.4 Å². The van der Waals surface area contributed by atoms with Gasteiger partial charge in [-0.15, -0.1) is 0 Å². The maximum atomic E-state index is 13.2. The van der Waals surface area contributed by atoms with E-state index in [0.29, 0.717) is 16.6 Å². The minimum absolute atomic E-state index is 0.0213. The fourth-order valence-electron chi connectivity index (χ4n) is 3.30. The highest BCUT2D eigenvalue weighted by Gasteiger charge is 2.17. The maximum absolute atomic E-state index is 13.2. The van der Waals surface area contributed by atoms with E-state index in [1.165, 1.54) is 4.57 Å². The second kappa shape index (κ2) is 8.75. The minimum Gasteiger partial charge on any atom is -0.283 e. The molecule has 6 nitrogen and oxygen atoms in total. The van der Waals surface area contributed by atoms with Gasteiger partial charge in [0.05, 0.1) is 23.2 Å². The molecule has 0 aliphatic heterocycles. The lowest BCUT2D eigenvalue weighted by Gasteiger charge is -2.13. The molecule has 154 valence electrons. The van der Waals surface area contributed by atoms with Crippen molar-refractivity contribution >= 4 is 22.5 Å². The molecule has 1 N–H and O–H groups in total.